The number of nitrogens with zero attached hydrogens (tertiary/aromatic N) is 1. The van der Waals surface area contributed by atoms with Gasteiger partial charge in [-0.05, 0) is 12.1 Å². The molecule has 0 bridgehead atoms. The highest BCUT2D eigenvalue weighted by Gasteiger charge is 2.22. The largest absolute Gasteiger partial charge is 0.484 e. The summed E-state index contributed by atoms with van der Waals surface area (Å²) < 4.78 is 12.4. The van der Waals surface area contributed by atoms with Gasteiger partial charge in [-0.25, -0.2) is 4.79 Å². The summed E-state index contributed by atoms with van der Waals surface area (Å²) in [5.41, 5.74) is 6.85. The van der Waals surface area contributed by atoms with E-state index in [-0.39, 0.29) is 5.69 Å². The molecule has 0 radical (unpaired) electrons. The predicted molar refractivity (Wildman–Crippen MR) is 57.6 cm³/mol. The van der Waals surface area contributed by atoms with Crippen LogP contribution >= 0.6 is 0 Å². The average Bonchev–Trinajstić information content (AvgIpc) is 2.55. The fraction of sp³-hybridized carbons (Fsp3) is 0.300. The van der Waals surface area contributed by atoms with Crippen LogP contribution in [0.3, 0.4) is 0 Å². The average molecular weight is 221 g/mol. The number of aromatic nitrogens is 2. The number of imidazole rings is 1. The molecule has 0 spiro atoms. The van der Waals surface area contributed by atoms with Crippen molar-refractivity contribution in [3.8, 4) is 11.5 Å². The lowest BCUT2D eigenvalue weighted by Crippen LogP contribution is -2.37. The van der Waals surface area contributed by atoms with Crippen molar-refractivity contribution in [3.05, 3.63) is 22.6 Å². The second-order valence-corrected chi connectivity index (χ2v) is 3.75. The first-order chi connectivity index (χ1) is 7.66. The van der Waals surface area contributed by atoms with Crippen molar-refractivity contribution in [1.29, 1.82) is 0 Å². The first-order valence-corrected chi connectivity index (χ1v) is 4.93. The number of nitrogens with two attached hydrogens (primary N) is 1. The normalized spacial score (nSPS) is 19.0. The molecule has 84 valence electrons. The van der Waals surface area contributed by atoms with Crippen LogP contribution in [0.25, 0.3) is 11.0 Å². The van der Waals surface area contributed by atoms with Crippen LogP contribution < -0.4 is 20.9 Å². The number of nitrogens with one attached hydrogen (secondary N) is 1. The van der Waals surface area contributed by atoms with Crippen molar-refractivity contribution < 1.29 is 9.47 Å². The van der Waals surface area contributed by atoms with Gasteiger partial charge in [0.1, 0.15) is 12.1 Å². The number of benzene rings is 1. The SMILES string of the molecule is Cn1c(=O)[nH]c2ccc3c(c21)OC(N)CO3. The van der Waals surface area contributed by atoms with Crippen molar-refractivity contribution in [1.82, 2.24) is 9.55 Å². The van der Waals surface area contributed by atoms with Gasteiger partial charge in [-0.1, -0.05) is 0 Å². The number of hydrogen-bond acceptors (Lipinski definition) is 4. The predicted octanol–water partition coefficient (Wildman–Crippen LogP) is -0.0774. The Bertz CT molecular complexity index is 614. The Kier molecular flexibility index (Phi) is 1.75. The Morgan fingerprint density at radius 1 is 1.56 bits per heavy atom. The monoisotopic (exact) mass is 221 g/mol. The topological polar surface area (TPSA) is 82.3 Å². The van der Waals surface area contributed by atoms with Crippen LogP contribution in [0, 0.1) is 0 Å². The quantitative estimate of drug-likeness (QED) is 0.652. The number of H-pyrrole nitrogens is 1. The van der Waals surface area contributed by atoms with Crippen LogP contribution in [0.1, 0.15) is 0 Å². The van der Waals surface area contributed by atoms with Gasteiger partial charge in [0.15, 0.2) is 17.7 Å². The highest BCUT2D eigenvalue weighted by atomic mass is 16.6. The third-order valence-electron chi connectivity index (χ3n) is 2.65. The van der Waals surface area contributed by atoms with E-state index in [0.29, 0.717) is 29.1 Å². The van der Waals surface area contributed by atoms with Gasteiger partial charge in [-0.15, -0.1) is 0 Å². The zero-order valence-corrected chi connectivity index (χ0v) is 8.69. The Morgan fingerprint density at radius 3 is 3.19 bits per heavy atom. The highest BCUT2D eigenvalue weighted by Crippen LogP contribution is 2.36. The van der Waals surface area contributed by atoms with Gasteiger partial charge in [0.25, 0.3) is 0 Å². The van der Waals surface area contributed by atoms with Gasteiger partial charge >= 0.3 is 5.69 Å². The van der Waals surface area contributed by atoms with Crippen molar-refractivity contribution >= 4 is 11.0 Å². The van der Waals surface area contributed by atoms with Gasteiger partial charge in [-0.2, -0.15) is 0 Å². The van der Waals surface area contributed by atoms with E-state index in [1.165, 1.54) is 4.57 Å². The number of hydrogen-bond donors (Lipinski definition) is 2. The first-order valence-electron chi connectivity index (χ1n) is 4.93. The molecular weight excluding hydrogens is 210 g/mol. The van der Waals surface area contributed by atoms with E-state index in [4.69, 9.17) is 15.2 Å². The second kappa shape index (κ2) is 3.02. The lowest BCUT2D eigenvalue weighted by Gasteiger charge is -2.24. The lowest BCUT2D eigenvalue weighted by molar-refractivity contribution is 0.0974. The molecule has 0 amide bonds. The minimum atomic E-state index is -0.497. The van der Waals surface area contributed by atoms with Crippen LogP contribution in [0.4, 0.5) is 0 Å². The molecule has 3 N–H and O–H groups in total. The maximum absolute atomic E-state index is 11.5. The van der Waals surface area contributed by atoms with E-state index in [1.807, 2.05) is 0 Å². The smallest absolute Gasteiger partial charge is 0.326 e. The molecule has 6 heteroatoms. The van der Waals surface area contributed by atoms with Gasteiger partial charge < -0.3 is 14.5 Å². The van der Waals surface area contributed by atoms with E-state index in [9.17, 15) is 4.79 Å². The van der Waals surface area contributed by atoms with Crippen LogP contribution in [0.5, 0.6) is 11.5 Å². The molecule has 3 rings (SSSR count). The van der Waals surface area contributed by atoms with Gasteiger partial charge in [-0.3, -0.25) is 10.3 Å². The molecule has 0 fully saturated rings. The maximum Gasteiger partial charge on any atom is 0.326 e. The Morgan fingerprint density at radius 2 is 2.38 bits per heavy atom. The summed E-state index contributed by atoms with van der Waals surface area (Å²) in [5, 5.41) is 0. The number of rotatable bonds is 0. The van der Waals surface area contributed by atoms with E-state index in [2.05, 4.69) is 4.98 Å². The summed E-state index contributed by atoms with van der Waals surface area (Å²) in [6, 6.07) is 3.55. The number of fused-ring (bicyclic) bond motifs is 3. The molecule has 1 aliphatic rings. The molecule has 6 nitrogen and oxygen atoms in total. The summed E-state index contributed by atoms with van der Waals surface area (Å²) in [4.78, 5) is 14.2. The number of ether oxygens (including phenoxy) is 2. The van der Waals surface area contributed by atoms with Crippen LogP contribution in [0.2, 0.25) is 0 Å². The molecule has 2 aromatic rings. The third kappa shape index (κ3) is 1.13. The zero-order chi connectivity index (χ0) is 11.3. The molecule has 1 unspecified atom stereocenters. The molecule has 0 aliphatic carbocycles. The number of aromatic amines is 1. The van der Waals surface area contributed by atoms with E-state index in [0.717, 1.165) is 0 Å². The van der Waals surface area contributed by atoms with Crippen molar-refractivity contribution in [2.45, 2.75) is 6.23 Å². The molecular formula is C10H11N3O3. The fourth-order valence-electron chi connectivity index (χ4n) is 1.87. The lowest BCUT2D eigenvalue weighted by atomic mass is 10.2. The minimum absolute atomic E-state index is 0.189. The van der Waals surface area contributed by atoms with Crippen molar-refractivity contribution in [2.24, 2.45) is 12.8 Å². The van der Waals surface area contributed by atoms with Crippen molar-refractivity contribution in [2.75, 3.05) is 6.61 Å². The van der Waals surface area contributed by atoms with Crippen LogP contribution in [-0.2, 0) is 7.05 Å². The standard InChI is InChI=1S/C10H11N3O3/c1-13-8-5(12-10(13)14)2-3-6-9(8)16-7(11)4-15-6/h2-3,7H,4,11H2,1H3,(H,12,14). The third-order valence-corrected chi connectivity index (χ3v) is 2.65. The molecule has 16 heavy (non-hydrogen) atoms. The van der Waals surface area contributed by atoms with Gasteiger partial charge in [0.2, 0.25) is 0 Å². The van der Waals surface area contributed by atoms with Crippen LogP contribution in [0.15, 0.2) is 16.9 Å². The summed E-state index contributed by atoms with van der Waals surface area (Å²) in [6.45, 7) is 0.316. The van der Waals surface area contributed by atoms with Crippen LogP contribution in [-0.4, -0.2) is 22.4 Å². The Hall–Kier alpha value is -1.95. The Balaban J connectivity index is 2.37. The molecule has 1 atom stereocenters. The van der Waals surface area contributed by atoms with Gasteiger partial charge in [0, 0.05) is 7.05 Å². The summed E-state index contributed by atoms with van der Waals surface area (Å²) in [6.07, 6.45) is -0.497. The highest BCUT2D eigenvalue weighted by molar-refractivity contribution is 5.85. The molecule has 1 aliphatic heterocycles. The van der Waals surface area contributed by atoms with E-state index < -0.39 is 6.23 Å². The number of aryl methyl sites for hydroxylation is 1. The second-order valence-electron chi connectivity index (χ2n) is 3.75. The molecule has 1 aromatic carbocycles. The minimum Gasteiger partial charge on any atom is -0.484 e. The van der Waals surface area contributed by atoms with E-state index in [1.54, 1.807) is 19.2 Å². The fourth-order valence-corrected chi connectivity index (χ4v) is 1.87. The summed E-state index contributed by atoms with van der Waals surface area (Å²) in [7, 11) is 1.67. The van der Waals surface area contributed by atoms with E-state index >= 15 is 0 Å². The molecule has 0 saturated heterocycles. The molecule has 1 aromatic heterocycles. The summed E-state index contributed by atoms with van der Waals surface area (Å²) >= 11 is 0. The summed E-state index contributed by atoms with van der Waals surface area (Å²) in [5.74, 6) is 1.14. The molecule has 2 heterocycles. The first kappa shape index (κ1) is 9.29. The van der Waals surface area contributed by atoms with Gasteiger partial charge in [0.05, 0.1) is 5.52 Å². The maximum atomic E-state index is 11.5. The van der Waals surface area contributed by atoms with Crippen molar-refractivity contribution in [3.63, 3.8) is 0 Å². The molecule has 0 saturated carbocycles. The zero-order valence-electron chi connectivity index (χ0n) is 8.69. The Labute approximate surface area is 90.6 Å².